The lowest BCUT2D eigenvalue weighted by Crippen LogP contribution is -2.20. The molecule has 0 N–H and O–H groups in total. The van der Waals surface area contributed by atoms with Crippen LogP contribution in [0.15, 0.2) is 18.2 Å². The van der Waals surface area contributed by atoms with Gasteiger partial charge in [-0.25, -0.2) is 0 Å². The third-order valence-electron chi connectivity index (χ3n) is 2.74. The Kier molecular flexibility index (Phi) is 6.63. The number of hydrogen-bond donors (Lipinski definition) is 0. The lowest BCUT2D eigenvalue weighted by Gasteiger charge is -2.18. The highest BCUT2D eigenvalue weighted by atomic mass is 32.2. The molecule has 0 saturated carbocycles. The number of methoxy groups -OCH3 is 1. The van der Waals surface area contributed by atoms with Gasteiger partial charge in [0.25, 0.3) is 0 Å². The van der Waals surface area contributed by atoms with Crippen LogP contribution in [0.1, 0.15) is 17.5 Å². The molecule has 0 heterocycles. The Morgan fingerprint density at radius 2 is 2.22 bits per heavy atom. The summed E-state index contributed by atoms with van der Waals surface area (Å²) < 4.78 is 5.33. The van der Waals surface area contributed by atoms with Crippen molar-refractivity contribution in [3.8, 4) is 11.8 Å². The van der Waals surface area contributed by atoms with Gasteiger partial charge < -0.3 is 9.64 Å². The van der Waals surface area contributed by atoms with E-state index in [1.807, 2.05) is 23.9 Å². The van der Waals surface area contributed by atoms with E-state index >= 15 is 0 Å². The van der Waals surface area contributed by atoms with Crippen molar-refractivity contribution in [1.82, 2.24) is 4.90 Å². The van der Waals surface area contributed by atoms with Gasteiger partial charge in [-0.15, -0.1) is 0 Å². The third-order valence-corrected chi connectivity index (χ3v) is 3.43. The normalized spacial score (nSPS) is 10.4. The van der Waals surface area contributed by atoms with Crippen LogP contribution >= 0.6 is 11.8 Å². The van der Waals surface area contributed by atoms with Crippen LogP contribution in [0.25, 0.3) is 0 Å². The average molecular weight is 264 g/mol. The monoisotopic (exact) mass is 264 g/mol. The fourth-order valence-electron chi connectivity index (χ4n) is 1.82. The average Bonchev–Trinajstić information content (AvgIpc) is 2.39. The van der Waals surface area contributed by atoms with Gasteiger partial charge >= 0.3 is 0 Å². The molecule has 0 aliphatic carbocycles. The van der Waals surface area contributed by atoms with Gasteiger partial charge in [0.2, 0.25) is 0 Å². The van der Waals surface area contributed by atoms with Crippen molar-refractivity contribution in [1.29, 1.82) is 5.26 Å². The number of hydrogen-bond acceptors (Lipinski definition) is 4. The van der Waals surface area contributed by atoms with Gasteiger partial charge in [0, 0.05) is 12.1 Å². The van der Waals surface area contributed by atoms with E-state index in [1.54, 1.807) is 13.2 Å². The topological polar surface area (TPSA) is 36.3 Å². The molecule has 0 aliphatic rings. The maximum absolute atomic E-state index is 8.93. The van der Waals surface area contributed by atoms with Crippen LogP contribution in [-0.2, 0) is 6.54 Å². The van der Waals surface area contributed by atoms with Crippen molar-refractivity contribution < 1.29 is 4.74 Å². The predicted molar refractivity (Wildman–Crippen MR) is 77.0 cm³/mol. The predicted octanol–water partition coefficient (Wildman–Crippen LogP) is 2.75. The van der Waals surface area contributed by atoms with Gasteiger partial charge in [-0.05, 0) is 50.2 Å². The molecule has 0 atom stereocenters. The molecule has 1 rings (SSSR count). The van der Waals surface area contributed by atoms with Gasteiger partial charge in [-0.1, -0.05) is 0 Å². The molecule has 0 aromatic heterocycles. The molecule has 4 heteroatoms. The van der Waals surface area contributed by atoms with Crippen molar-refractivity contribution in [2.75, 3.05) is 32.7 Å². The lowest BCUT2D eigenvalue weighted by atomic mass is 10.1. The molecule has 0 aliphatic heterocycles. The summed E-state index contributed by atoms with van der Waals surface area (Å²) in [5.41, 5.74) is 1.76. The van der Waals surface area contributed by atoms with Crippen molar-refractivity contribution >= 4 is 11.8 Å². The molecular weight excluding hydrogens is 244 g/mol. The molecule has 98 valence electrons. The molecular formula is C14H20N2OS. The summed E-state index contributed by atoms with van der Waals surface area (Å²) >= 11 is 1.87. The Hall–Kier alpha value is -1.18. The molecule has 0 bridgehead atoms. The molecule has 3 nitrogen and oxygen atoms in total. The number of thioether (sulfide) groups is 1. The van der Waals surface area contributed by atoms with E-state index in [0.29, 0.717) is 5.56 Å². The lowest BCUT2D eigenvalue weighted by molar-refractivity contribution is 0.319. The van der Waals surface area contributed by atoms with Crippen molar-refractivity contribution in [3.63, 3.8) is 0 Å². The first-order chi connectivity index (χ1) is 8.71. The summed E-state index contributed by atoms with van der Waals surface area (Å²) in [6.07, 6.45) is 3.30. The smallest absolute Gasteiger partial charge is 0.123 e. The van der Waals surface area contributed by atoms with E-state index in [4.69, 9.17) is 10.00 Å². The van der Waals surface area contributed by atoms with E-state index < -0.39 is 0 Å². The highest BCUT2D eigenvalue weighted by Crippen LogP contribution is 2.21. The zero-order valence-corrected chi connectivity index (χ0v) is 12.1. The second kappa shape index (κ2) is 8.02. The maximum atomic E-state index is 8.93. The number of benzene rings is 1. The zero-order valence-electron chi connectivity index (χ0n) is 11.3. The van der Waals surface area contributed by atoms with E-state index in [9.17, 15) is 0 Å². The molecule has 0 fully saturated rings. The Morgan fingerprint density at radius 1 is 1.44 bits per heavy atom. The van der Waals surface area contributed by atoms with E-state index in [1.165, 1.54) is 12.2 Å². The quantitative estimate of drug-likeness (QED) is 0.710. The second-order valence-electron chi connectivity index (χ2n) is 4.22. The fourth-order valence-corrected chi connectivity index (χ4v) is 2.24. The minimum atomic E-state index is 0.684. The van der Waals surface area contributed by atoms with Gasteiger partial charge in [0.05, 0.1) is 18.7 Å². The third kappa shape index (κ3) is 4.59. The first-order valence-corrected chi connectivity index (χ1v) is 7.35. The Labute approximate surface area is 114 Å². The van der Waals surface area contributed by atoms with E-state index in [2.05, 4.69) is 24.3 Å². The van der Waals surface area contributed by atoms with Crippen LogP contribution in [0.2, 0.25) is 0 Å². The molecule has 0 radical (unpaired) electrons. The van der Waals surface area contributed by atoms with Gasteiger partial charge in [0.15, 0.2) is 0 Å². The summed E-state index contributed by atoms with van der Waals surface area (Å²) in [4.78, 5) is 2.26. The minimum absolute atomic E-state index is 0.684. The standard InChI is InChI=1S/C14H20N2OS/c1-16(7-4-8-18-3)11-13-9-12(10-15)5-6-14(13)17-2/h5-6,9H,4,7-8,11H2,1-3H3. The highest BCUT2D eigenvalue weighted by molar-refractivity contribution is 7.98. The number of nitriles is 1. The van der Waals surface area contributed by atoms with Crippen LogP contribution in [0.4, 0.5) is 0 Å². The fraction of sp³-hybridized carbons (Fsp3) is 0.500. The number of nitrogens with zero attached hydrogens (tertiary/aromatic N) is 2. The number of ether oxygens (including phenoxy) is 1. The van der Waals surface area contributed by atoms with Crippen molar-refractivity contribution in [2.24, 2.45) is 0 Å². The van der Waals surface area contributed by atoms with Crippen LogP contribution in [0, 0.1) is 11.3 Å². The Bertz CT molecular complexity index is 415. The first-order valence-electron chi connectivity index (χ1n) is 5.95. The largest absolute Gasteiger partial charge is 0.496 e. The molecule has 1 aromatic carbocycles. The maximum Gasteiger partial charge on any atom is 0.123 e. The molecule has 0 spiro atoms. The first kappa shape index (κ1) is 14.9. The molecule has 1 aromatic rings. The van der Waals surface area contributed by atoms with E-state index in [0.717, 1.165) is 24.4 Å². The Balaban J connectivity index is 2.67. The van der Waals surface area contributed by atoms with Crippen LogP contribution in [0.5, 0.6) is 5.75 Å². The zero-order chi connectivity index (χ0) is 13.4. The van der Waals surface area contributed by atoms with Gasteiger partial charge in [0.1, 0.15) is 5.75 Å². The van der Waals surface area contributed by atoms with E-state index in [-0.39, 0.29) is 0 Å². The SMILES string of the molecule is COc1ccc(C#N)cc1CN(C)CCCSC. The highest BCUT2D eigenvalue weighted by Gasteiger charge is 2.07. The van der Waals surface area contributed by atoms with Crippen molar-refractivity contribution in [3.05, 3.63) is 29.3 Å². The van der Waals surface area contributed by atoms with Gasteiger partial charge in [-0.2, -0.15) is 17.0 Å². The minimum Gasteiger partial charge on any atom is -0.496 e. The van der Waals surface area contributed by atoms with Crippen molar-refractivity contribution in [2.45, 2.75) is 13.0 Å². The molecule has 18 heavy (non-hydrogen) atoms. The Morgan fingerprint density at radius 3 is 2.83 bits per heavy atom. The van der Waals surface area contributed by atoms with Crippen LogP contribution in [0.3, 0.4) is 0 Å². The second-order valence-corrected chi connectivity index (χ2v) is 5.21. The molecule has 0 saturated heterocycles. The summed E-state index contributed by atoms with van der Waals surface area (Å²) in [7, 11) is 3.76. The summed E-state index contributed by atoms with van der Waals surface area (Å²) in [5, 5.41) is 8.93. The summed E-state index contributed by atoms with van der Waals surface area (Å²) in [6.45, 7) is 1.87. The van der Waals surface area contributed by atoms with Crippen LogP contribution in [-0.4, -0.2) is 37.6 Å². The molecule has 0 amide bonds. The summed E-state index contributed by atoms with van der Waals surface area (Å²) in [5.74, 6) is 2.03. The van der Waals surface area contributed by atoms with Gasteiger partial charge in [-0.3, -0.25) is 0 Å². The number of rotatable bonds is 7. The molecule has 0 unspecified atom stereocenters. The summed E-state index contributed by atoms with van der Waals surface area (Å²) in [6, 6.07) is 7.73. The van der Waals surface area contributed by atoms with Crippen LogP contribution < -0.4 is 4.74 Å².